The Morgan fingerprint density at radius 2 is 1.95 bits per heavy atom. The van der Waals surface area contributed by atoms with Crippen LogP contribution in [0.1, 0.15) is 52.4 Å². The monoisotopic (exact) mass is 284 g/mol. The fourth-order valence-corrected chi connectivity index (χ4v) is 1.77. The van der Waals surface area contributed by atoms with Crippen LogP contribution in [0, 0.1) is 5.92 Å². The molecule has 0 bridgehead atoms. The number of carbonyl (C=O) groups excluding carboxylic acids is 3. The van der Waals surface area contributed by atoms with Crippen molar-refractivity contribution in [3.8, 4) is 0 Å². The van der Waals surface area contributed by atoms with Crippen molar-refractivity contribution in [1.82, 2.24) is 10.2 Å². The lowest BCUT2D eigenvalue weighted by atomic mass is 10.1. The van der Waals surface area contributed by atoms with Crippen molar-refractivity contribution in [2.24, 2.45) is 5.92 Å². The Labute approximate surface area is 122 Å². The fourth-order valence-electron chi connectivity index (χ4n) is 1.77. The van der Waals surface area contributed by atoms with Gasteiger partial charge in [-0.3, -0.25) is 9.59 Å². The van der Waals surface area contributed by atoms with Crippen molar-refractivity contribution in [3.63, 3.8) is 0 Å². The van der Waals surface area contributed by atoms with E-state index in [9.17, 15) is 14.4 Å². The van der Waals surface area contributed by atoms with Crippen molar-refractivity contribution in [3.05, 3.63) is 0 Å². The first-order valence-corrected chi connectivity index (χ1v) is 7.47. The van der Waals surface area contributed by atoms with E-state index < -0.39 is 0 Å². The number of hydrogen-bond donors (Lipinski definition) is 1. The van der Waals surface area contributed by atoms with Gasteiger partial charge in [0.05, 0.1) is 0 Å². The number of carbonyl (C=O) groups is 3. The van der Waals surface area contributed by atoms with Crippen LogP contribution >= 0.6 is 0 Å². The van der Waals surface area contributed by atoms with Crippen LogP contribution in [-0.2, 0) is 14.4 Å². The molecule has 2 amide bonds. The SMILES string of the molecule is CCCCCNC(=O)CCCN(C)C(=O)CC(C)C=O. The summed E-state index contributed by atoms with van der Waals surface area (Å²) in [6.07, 6.45) is 5.40. The summed E-state index contributed by atoms with van der Waals surface area (Å²) in [5, 5.41) is 2.87. The summed E-state index contributed by atoms with van der Waals surface area (Å²) >= 11 is 0. The number of unbranched alkanes of at least 4 members (excludes halogenated alkanes) is 2. The van der Waals surface area contributed by atoms with E-state index in [1.807, 2.05) is 0 Å². The standard InChI is InChI=1S/C15H28N2O3/c1-4-5-6-9-16-14(19)8-7-10-17(3)15(20)11-13(2)12-18/h12-13H,4-11H2,1-3H3,(H,16,19). The molecule has 1 atom stereocenters. The van der Waals surface area contributed by atoms with E-state index in [4.69, 9.17) is 0 Å². The molecular formula is C15H28N2O3. The van der Waals surface area contributed by atoms with Crippen LogP contribution in [0.3, 0.4) is 0 Å². The molecule has 0 fully saturated rings. The van der Waals surface area contributed by atoms with Crippen molar-refractivity contribution in [2.45, 2.75) is 52.4 Å². The average Bonchev–Trinajstić information content (AvgIpc) is 2.43. The van der Waals surface area contributed by atoms with Crippen LogP contribution in [0.15, 0.2) is 0 Å². The Bertz CT molecular complexity index is 305. The second-order valence-electron chi connectivity index (χ2n) is 5.29. The second kappa shape index (κ2) is 11.4. The lowest BCUT2D eigenvalue weighted by molar-refractivity contribution is -0.132. The zero-order valence-corrected chi connectivity index (χ0v) is 13.0. The highest BCUT2D eigenvalue weighted by Gasteiger charge is 2.12. The second-order valence-corrected chi connectivity index (χ2v) is 5.29. The third-order valence-electron chi connectivity index (χ3n) is 3.15. The van der Waals surface area contributed by atoms with Crippen molar-refractivity contribution < 1.29 is 14.4 Å². The summed E-state index contributed by atoms with van der Waals surface area (Å²) < 4.78 is 0. The lowest BCUT2D eigenvalue weighted by Gasteiger charge is -2.17. The minimum absolute atomic E-state index is 0.0446. The maximum Gasteiger partial charge on any atom is 0.223 e. The van der Waals surface area contributed by atoms with Gasteiger partial charge in [0.25, 0.3) is 0 Å². The molecule has 0 aromatic rings. The molecule has 0 rings (SSSR count). The Balaban J connectivity index is 3.69. The van der Waals surface area contributed by atoms with Crippen LogP contribution < -0.4 is 5.32 Å². The summed E-state index contributed by atoms with van der Waals surface area (Å²) in [5.74, 6) is -0.247. The van der Waals surface area contributed by atoms with Crippen LogP contribution in [-0.4, -0.2) is 43.1 Å². The molecule has 5 nitrogen and oxygen atoms in total. The summed E-state index contributed by atoms with van der Waals surface area (Å²) in [5.41, 5.74) is 0. The van der Waals surface area contributed by atoms with Crippen molar-refractivity contribution in [2.75, 3.05) is 20.1 Å². The molecule has 0 aromatic carbocycles. The third kappa shape index (κ3) is 9.53. The predicted octanol–water partition coefficient (Wildman–Crippen LogP) is 1.76. The van der Waals surface area contributed by atoms with E-state index in [1.54, 1.807) is 18.9 Å². The summed E-state index contributed by atoms with van der Waals surface area (Å²) in [6, 6.07) is 0. The summed E-state index contributed by atoms with van der Waals surface area (Å²) in [6.45, 7) is 5.13. The van der Waals surface area contributed by atoms with E-state index in [2.05, 4.69) is 12.2 Å². The van der Waals surface area contributed by atoms with Gasteiger partial charge in [0.15, 0.2) is 0 Å². The first-order chi connectivity index (χ1) is 9.51. The predicted molar refractivity (Wildman–Crippen MR) is 79.3 cm³/mol. The van der Waals surface area contributed by atoms with E-state index in [1.165, 1.54) is 0 Å². The van der Waals surface area contributed by atoms with Crippen LogP contribution in [0.2, 0.25) is 0 Å². The largest absolute Gasteiger partial charge is 0.356 e. The molecule has 20 heavy (non-hydrogen) atoms. The molecule has 0 heterocycles. The molecule has 0 aromatic heterocycles. The van der Waals surface area contributed by atoms with Gasteiger partial charge >= 0.3 is 0 Å². The number of aldehydes is 1. The zero-order valence-electron chi connectivity index (χ0n) is 13.0. The molecule has 116 valence electrons. The van der Waals surface area contributed by atoms with Crippen molar-refractivity contribution in [1.29, 1.82) is 0 Å². The number of rotatable bonds is 11. The first kappa shape index (κ1) is 18.6. The highest BCUT2D eigenvalue weighted by molar-refractivity contribution is 5.79. The molecule has 1 unspecified atom stereocenters. The quantitative estimate of drug-likeness (QED) is 0.464. The molecule has 0 aliphatic carbocycles. The Morgan fingerprint density at radius 1 is 1.25 bits per heavy atom. The Kier molecular flexibility index (Phi) is 10.6. The highest BCUT2D eigenvalue weighted by Crippen LogP contribution is 2.03. The van der Waals surface area contributed by atoms with Gasteiger partial charge in [0.1, 0.15) is 6.29 Å². The van der Waals surface area contributed by atoms with Gasteiger partial charge in [-0.1, -0.05) is 26.7 Å². The van der Waals surface area contributed by atoms with Crippen molar-refractivity contribution >= 4 is 18.1 Å². The van der Waals surface area contributed by atoms with Crippen LogP contribution in [0.4, 0.5) is 0 Å². The van der Waals surface area contributed by atoms with Gasteiger partial charge in [-0.15, -0.1) is 0 Å². The summed E-state index contributed by atoms with van der Waals surface area (Å²) in [4.78, 5) is 35.3. The first-order valence-electron chi connectivity index (χ1n) is 7.47. The molecular weight excluding hydrogens is 256 g/mol. The van der Waals surface area contributed by atoms with Crippen LogP contribution in [0.5, 0.6) is 0 Å². The van der Waals surface area contributed by atoms with Gasteiger partial charge in [0, 0.05) is 38.9 Å². The molecule has 0 saturated heterocycles. The highest BCUT2D eigenvalue weighted by atomic mass is 16.2. The Hall–Kier alpha value is -1.39. The van der Waals surface area contributed by atoms with Gasteiger partial charge in [-0.25, -0.2) is 0 Å². The summed E-state index contributed by atoms with van der Waals surface area (Å²) in [7, 11) is 1.71. The molecule has 0 aliphatic heterocycles. The van der Waals surface area contributed by atoms with Gasteiger partial charge < -0.3 is 15.0 Å². The maximum absolute atomic E-state index is 11.7. The molecule has 0 saturated carbocycles. The maximum atomic E-state index is 11.7. The smallest absolute Gasteiger partial charge is 0.223 e. The van der Waals surface area contributed by atoms with E-state index >= 15 is 0 Å². The Morgan fingerprint density at radius 3 is 2.55 bits per heavy atom. The lowest BCUT2D eigenvalue weighted by Crippen LogP contribution is -2.30. The minimum atomic E-state index is -0.244. The minimum Gasteiger partial charge on any atom is -0.356 e. The van der Waals surface area contributed by atoms with E-state index in [-0.39, 0.29) is 24.2 Å². The molecule has 5 heteroatoms. The number of nitrogens with zero attached hydrogens (tertiary/aromatic N) is 1. The number of hydrogen-bond acceptors (Lipinski definition) is 3. The zero-order chi connectivity index (χ0) is 15.4. The van der Waals surface area contributed by atoms with Gasteiger partial charge in [0.2, 0.25) is 11.8 Å². The van der Waals surface area contributed by atoms with E-state index in [0.29, 0.717) is 19.4 Å². The molecule has 1 N–H and O–H groups in total. The molecule has 0 aliphatic rings. The van der Waals surface area contributed by atoms with E-state index in [0.717, 1.165) is 32.1 Å². The normalized spacial score (nSPS) is 11.8. The van der Waals surface area contributed by atoms with Gasteiger partial charge in [-0.05, 0) is 12.8 Å². The number of nitrogens with one attached hydrogen (secondary N) is 1. The topological polar surface area (TPSA) is 66.5 Å². The molecule has 0 radical (unpaired) electrons. The van der Waals surface area contributed by atoms with Crippen LogP contribution in [0.25, 0.3) is 0 Å². The van der Waals surface area contributed by atoms with Gasteiger partial charge in [-0.2, -0.15) is 0 Å². The average molecular weight is 284 g/mol. The fraction of sp³-hybridized carbons (Fsp3) is 0.800. The molecule has 0 spiro atoms. The third-order valence-corrected chi connectivity index (χ3v) is 3.15. The number of amides is 2.